The maximum absolute atomic E-state index is 13.7. The molecule has 1 N–H and O–H groups in total. The van der Waals surface area contributed by atoms with Crippen LogP contribution in [0.2, 0.25) is 0 Å². The van der Waals surface area contributed by atoms with Crippen LogP contribution in [0.4, 0.5) is 5.69 Å². The van der Waals surface area contributed by atoms with Crippen LogP contribution in [0.3, 0.4) is 0 Å². The van der Waals surface area contributed by atoms with Gasteiger partial charge < -0.3 is 34.1 Å². The van der Waals surface area contributed by atoms with E-state index in [1.165, 1.54) is 4.90 Å². The molecular weight excluding hydrogens is 693 g/mol. The first-order valence-electron chi connectivity index (χ1n) is 20.1. The predicted molar refractivity (Wildman–Crippen MR) is 222 cm³/mol. The summed E-state index contributed by atoms with van der Waals surface area (Å²) < 4.78 is 12.9. The molecule has 0 bridgehead atoms. The van der Waals surface area contributed by atoms with Crippen molar-refractivity contribution in [1.82, 2.24) is 24.6 Å². The molecule has 0 radical (unpaired) electrons. The van der Waals surface area contributed by atoms with Gasteiger partial charge in [0.2, 0.25) is 0 Å². The lowest BCUT2D eigenvalue weighted by Crippen LogP contribution is -2.45. The Morgan fingerprint density at radius 3 is 2.16 bits per heavy atom. The molecule has 2 amide bonds. The molecule has 2 saturated heterocycles. The highest BCUT2D eigenvalue weighted by Gasteiger charge is 2.34. The number of nitrogens with one attached hydrogen (secondary N) is 1. The third kappa shape index (κ3) is 8.21. The molecule has 7 rings (SSSR count). The number of hydrogen-bond donors (Lipinski definition) is 1. The van der Waals surface area contributed by atoms with Gasteiger partial charge in [0.1, 0.15) is 0 Å². The minimum atomic E-state index is -0.226. The zero-order chi connectivity index (χ0) is 39.1. The van der Waals surface area contributed by atoms with Gasteiger partial charge in [-0.1, -0.05) is 51.6 Å². The van der Waals surface area contributed by atoms with E-state index in [-0.39, 0.29) is 17.4 Å². The standard InChI is InChI=1S/C42H52N6O5.C2H6/c1-5-44(19-20-48-41(50)35-12-7-10-33-37(46-23-27-53-28-24-46)14-13-36(39(33)35)42(48)51)17-8-15-43-16-18-47-30(3)29(2)38-32(9-6-11-34(38)40(47)49)31(4)45-21-25-52-26-22-45;1-2/h6-7,9-14,43H,3,5,8,15-28H2,1-2,4H3;1-2H3/b32-31+;. The van der Waals surface area contributed by atoms with E-state index in [9.17, 15) is 14.4 Å². The minimum absolute atomic E-state index is 0.00982. The van der Waals surface area contributed by atoms with Crippen LogP contribution in [-0.4, -0.2) is 123 Å². The second kappa shape index (κ2) is 18.4. The Hall–Kier alpha value is -4.55. The van der Waals surface area contributed by atoms with Crippen molar-refractivity contribution in [2.45, 2.75) is 47.6 Å². The molecule has 3 aliphatic heterocycles. The lowest BCUT2D eigenvalue weighted by atomic mass is 9.92. The van der Waals surface area contributed by atoms with Crippen LogP contribution in [0, 0.1) is 6.92 Å². The fraction of sp³-hybridized carbons (Fsp3) is 0.477. The third-order valence-electron chi connectivity index (χ3n) is 11.3. The van der Waals surface area contributed by atoms with Crippen molar-refractivity contribution in [2.75, 3.05) is 96.8 Å². The Balaban J connectivity index is 0.00000253. The van der Waals surface area contributed by atoms with E-state index in [2.05, 4.69) is 53.4 Å². The molecule has 4 aromatic rings. The third-order valence-corrected chi connectivity index (χ3v) is 11.3. The van der Waals surface area contributed by atoms with Gasteiger partial charge in [0.25, 0.3) is 17.4 Å². The summed E-state index contributed by atoms with van der Waals surface area (Å²) in [7, 11) is 0. The first kappa shape index (κ1) is 40.1. The second-order valence-electron chi connectivity index (χ2n) is 14.2. The molecule has 1 aromatic heterocycles. The van der Waals surface area contributed by atoms with Crippen molar-refractivity contribution in [1.29, 1.82) is 0 Å². The largest absolute Gasteiger partial charge is 0.378 e. The van der Waals surface area contributed by atoms with E-state index in [1.807, 2.05) is 56.3 Å². The molecule has 3 aromatic carbocycles. The quantitative estimate of drug-likeness (QED) is 0.162. The number of benzene rings is 3. The van der Waals surface area contributed by atoms with Crippen LogP contribution in [0.1, 0.15) is 60.4 Å². The summed E-state index contributed by atoms with van der Waals surface area (Å²) >= 11 is 0. The number of ether oxygens (including phenoxy) is 2. The molecular formula is C44H58N6O5. The average Bonchev–Trinajstić information content (AvgIpc) is 3.23. The molecule has 0 atom stereocenters. The number of nitrogens with zero attached hydrogens (tertiary/aromatic N) is 5. The number of pyridine rings is 1. The smallest absolute Gasteiger partial charge is 0.261 e. The molecule has 2 fully saturated rings. The van der Waals surface area contributed by atoms with Crippen molar-refractivity contribution in [2.24, 2.45) is 0 Å². The highest BCUT2D eigenvalue weighted by molar-refractivity contribution is 6.26. The number of rotatable bonds is 13. The van der Waals surface area contributed by atoms with Crippen LogP contribution in [0.5, 0.6) is 0 Å². The Morgan fingerprint density at radius 1 is 0.800 bits per heavy atom. The van der Waals surface area contributed by atoms with Crippen LogP contribution >= 0.6 is 0 Å². The van der Waals surface area contributed by atoms with Gasteiger partial charge in [0.05, 0.1) is 26.4 Å². The lowest BCUT2D eigenvalue weighted by Gasteiger charge is -2.33. The summed E-state index contributed by atoms with van der Waals surface area (Å²) in [5.41, 5.74) is 4.41. The summed E-state index contributed by atoms with van der Waals surface area (Å²) in [6.45, 7) is 25.2. The molecule has 294 valence electrons. The Labute approximate surface area is 324 Å². The molecule has 0 aliphatic carbocycles. The Bertz CT molecular complexity index is 2170. The summed E-state index contributed by atoms with van der Waals surface area (Å²) in [4.78, 5) is 49.5. The Kier molecular flexibility index (Phi) is 13.4. The summed E-state index contributed by atoms with van der Waals surface area (Å²) in [6.07, 6.45) is 0.894. The maximum atomic E-state index is 13.7. The van der Waals surface area contributed by atoms with Crippen molar-refractivity contribution in [3.8, 4) is 0 Å². The molecule has 0 spiro atoms. The van der Waals surface area contributed by atoms with Crippen LogP contribution in [-0.2, 0) is 16.0 Å². The monoisotopic (exact) mass is 750 g/mol. The average molecular weight is 751 g/mol. The van der Waals surface area contributed by atoms with E-state index >= 15 is 0 Å². The van der Waals surface area contributed by atoms with Crippen molar-refractivity contribution in [3.63, 3.8) is 0 Å². The zero-order valence-electron chi connectivity index (χ0n) is 33.4. The van der Waals surface area contributed by atoms with E-state index < -0.39 is 0 Å². The molecule has 0 unspecified atom stereocenters. The molecule has 55 heavy (non-hydrogen) atoms. The Morgan fingerprint density at radius 2 is 1.45 bits per heavy atom. The summed E-state index contributed by atoms with van der Waals surface area (Å²) in [6, 6.07) is 15.7. The number of likely N-dealkylation sites (N-methyl/N-ethyl adjacent to an activating group) is 1. The first-order valence-corrected chi connectivity index (χ1v) is 20.1. The first-order chi connectivity index (χ1) is 26.8. The van der Waals surface area contributed by atoms with Gasteiger partial charge in [-0.15, -0.1) is 0 Å². The van der Waals surface area contributed by atoms with Gasteiger partial charge in [-0.2, -0.15) is 0 Å². The van der Waals surface area contributed by atoms with Gasteiger partial charge in [-0.05, 0) is 69.7 Å². The minimum Gasteiger partial charge on any atom is -0.378 e. The van der Waals surface area contributed by atoms with Gasteiger partial charge in [-0.25, -0.2) is 0 Å². The topological polar surface area (TPSA) is 99.6 Å². The molecule has 3 aliphatic rings. The van der Waals surface area contributed by atoms with Gasteiger partial charge in [-0.3, -0.25) is 19.3 Å². The van der Waals surface area contributed by atoms with Crippen molar-refractivity contribution < 1.29 is 19.1 Å². The molecule has 11 nitrogen and oxygen atoms in total. The fourth-order valence-corrected chi connectivity index (χ4v) is 8.18. The normalized spacial score (nSPS) is 16.6. The van der Waals surface area contributed by atoms with Crippen LogP contribution in [0.25, 0.3) is 33.8 Å². The number of carbonyl (C=O) groups is 2. The SMILES string of the molecule is C=c1c(C)c2/c(=C(\C)N3CCOCC3)cccc2c(=O)n1CCNCCCN(CC)CCN1C(=O)c2cccc3c(N4CCOCC4)ccc(c23)C1=O.CC. The highest BCUT2D eigenvalue weighted by atomic mass is 16.5. The summed E-state index contributed by atoms with van der Waals surface area (Å²) in [5.74, 6) is -0.453. The maximum Gasteiger partial charge on any atom is 0.261 e. The van der Waals surface area contributed by atoms with Gasteiger partial charge in [0.15, 0.2) is 0 Å². The molecule has 4 heterocycles. The van der Waals surface area contributed by atoms with E-state index in [1.54, 1.807) is 4.57 Å². The number of hydrogen-bond acceptors (Lipinski definition) is 9. The van der Waals surface area contributed by atoms with E-state index in [0.717, 1.165) is 101 Å². The molecule has 11 heteroatoms. The van der Waals surface area contributed by atoms with Gasteiger partial charge >= 0.3 is 0 Å². The number of anilines is 1. The van der Waals surface area contributed by atoms with E-state index in [4.69, 9.17) is 9.47 Å². The van der Waals surface area contributed by atoms with E-state index in [0.29, 0.717) is 63.7 Å². The number of imide groups is 1. The number of aryl methyl sites for hydroxylation is 1. The second-order valence-corrected chi connectivity index (χ2v) is 14.2. The number of amides is 2. The van der Waals surface area contributed by atoms with Crippen molar-refractivity contribution >= 4 is 51.3 Å². The fourth-order valence-electron chi connectivity index (χ4n) is 8.18. The number of fused-ring (bicyclic) bond motifs is 1. The summed E-state index contributed by atoms with van der Waals surface area (Å²) in [5, 5.41) is 8.77. The number of morpholine rings is 2. The van der Waals surface area contributed by atoms with Crippen molar-refractivity contribution in [3.05, 3.63) is 86.1 Å². The zero-order valence-corrected chi connectivity index (χ0v) is 33.4. The predicted octanol–water partition coefficient (Wildman–Crippen LogP) is 3.79. The number of carbonyl (C=O) groups excluding carboxylic acids is 2. The molecule has 0 saturated carbocycles. The number of aromatic nitrogens is 1. The van der Waals surface area contributed by atoms with Crippen LogP contribution < -0.4 is 26.3 Å². The highest BCUT2D eigenvalue weighted by Crippen LogP contribution is 2.36. The van der Waals surface area contributed by atoms with Gasteiger partial charge in [0, 0.05) is 107 Å². The van der Waals surface area contributed by atoms with Crippen LogP contribution in [0.15, 0.2) is 53.3 Å². The lowest BCUT2D eigenvalue weighted by molar-refractivity contribution is 0.0593.